The van der Waals surface area contributed by atoms with Crippen LogP contribution in [0.3, 0.4) is 0 Å². The van der Waals surface area contributed by atoms with E-state index in [2.05, 4.69) is 22.3 Å². The van der Waals surface area contributed by atoms with Gasteiger partial charge in [0.25, 0.3) is 0 Å². The van der Waals surface area contributed by atoms with Gasteiger partial charge in [-0.1, -0.05) is 30.3 Å². The molecule has 3 rings (SSSR count). The zero-order chi connectivity index (χ0) is 14.0. The highest BCUT2D eigenvalue weighted by Gasteiger charge is 2.53. The van der Waals surface area contributed by atoms with Crippen molar-refractivity contribution in [3.8, 4) is 0 Å². The van der Waals surface area contributed by atoms with Crippen LogP contribution in [0.5, 0.6) is 0 Å². The number of hydrogen-bond acceptors (Lipinski definition) is 2. The molecule has 0 radical (unpaired) electrons. The molecule has 1 amide bonds. The van der Waals surface area contributed by atoms with Gasteiger partial charge in [-0.05, 0) is 50.8 Å². The van der Waals surface area contributed by atoms with Crippen LogP contribution in [0, 0.1) is 5.92 Å². The summed E-state index contributed by atoms with van der Waals surface area (Å²) in [5, 5.41) is 3.24. The number of carbonyl (C=O) groups is 1. The summed E-state index contributed by atoms with van der Waals surface area (Å²) in [6.45, 7) is 2.88. The van der Waals surface area contributed by atoms with E-state index >= 15 is 0 Å². The first kappa shape index (κ1) is 13.6. The average Bonchev–Trinajstić information content (AvgIpc) is 3.30. The first-order valence-electron chi connectivity index (χ1n) is 7.76. The summed E-state index contributed by atoms with van der Waals surface area (Å²) >= 11 is 0. The third-order valence-corrected chi connectivity index (χ3v) is 4.78. The van der Waals surface area contributed by atoms with Crippen molar-refractivity contribution in [2.24, 2.45) is 5.92 Å². The Morgan fingerprint density at radius 1 is 1.35 bits per heavy atom. The number of nitrogens with one attached hydrogen (secondary N) is 1. The molecule has 0 spiro atoms. The zero-order valence-electron chi connectivity index (χ0n) is 12.3. The third kappa shape index (κ3) is 2.47. The van der Waals surface area contributed by atoms with E-state index in [1.165, 1.54) is 12.0 Å². The number of rotatable bonds is 4. The summed E-state index contributed by atoms with van der Waals surface area (Å²) in [7, 11) is 1.99. The van der Waals surface area contributed by atoms with Gasteiger partial charge in [-0.15, -0.1) is 0 Å². The van der Waals surface area contributed by atoms with Crippen LogP contribution in [0.25, 0.3) is 0 Å². The SMILES string of the molecule is CNCC1CCCN(C(=O)C2(c3ccccc3)CC2)C1. The molecule has 0 bridgehead atoms. The minimum absolute atomic E-state index is 0.192. The summed E-state index contributed by atoms with van der Waals surface area (Å²) in [4.78, 5) is 15.1. The Labute approximate surface area is 121 Å². The lowest BCUT2D eigenvalue weighted by molar-refractivity contribution is -0.135. The Bertz CT molecular complexity index is 465. The van der Waals surface area contributed by atoms with Crippen molar-refractivity contribution in [1.82, 2.24) is 10.2 Å². The van der Waals surface area contributed by atoms with E-state index in [4.69, 9.17) is 0 Å². The molecule has 1 aromatic rings. The highest BCUT2D eigenvalue weighted by molar-refractivity contribution is 5.91. The highest BCUT2D eigenvalue weighted by atomic mass is 16.2. The molecule has 1 aliphatic heterocycles. The first-order valence-corrected chi connectivity index (χ1v) is 7.76. The van der Waals surface area contributed by atoms with Gasteiger partial charge < -0.3 is 10.2 Å². The quantitative estimate of drug-likeness (QED) is 0.911. The van der Waals surface area contributed by atoms with Gasteiger partial charge in [-0.2, -0.15) is 0 Å². The van der Waals surface area contributed by atoms with Crippen molar-refractivity contribution in [3.63, 3.8) is 0 Å². The van der Waals surface area contributed by atoms with E-state index in [0.29, 0.717) is 11.8 Å². The molecule has 1 aliphatic carbocycles. The second-order valence-electron chi connectivity index (χ2n) is 6.27. The summed E-state index contributed by atoms with van der Waals surface area (Å²) in [6, 6.07) is 10.3. The maximum absolute atomic E-state index is 12.9. The summed E-state index contributed by atoms with van der Waals surface area (Å²) < 4.78 is 0. The van der Waals surface area contributed by atoms with Crippen LogP contribution < -0.4 is 5.32 Å². The number of nitrogens with zero attached hydrogens (tertiary/aromatic N) is 1. The number of piperidine rings is 1. The van der Waals surface area contributed by atoms with Crippen molar-refractivity contribution in [2.75, 3.05) is 26.7 Å². The molecular weight excluding hydrogens is 248 g/mol. The van der Waals surface area contributed by atoms with E-state index in [1.54, 1.807) is 0 Å². The number of benzene rings is 1. The van der Waals surface area contributed by atoms with Gasteiger partial charge in [-0.3, -0.25) is 4.79 Å². The molecule has 0 aromatic heterocycles. The molecule has 1 saturated heterocycles. The number of amides is 1. The van der Waals surface area contributed by atoms with Crippen molar-refractivity contribution in [3.05, 3.63) is 35.9 Å². The van der Waals surface area contributed by atoms with Gasteiger partial charge in [-0.25, -0.2) is 0 Å². The Morgan fingerprint density at radius 3 is 2.75 bits per heavy atom. The van der Waals surface area contributed by atoms with Gasteiger partial charge in [0.05, 0.1) is 5.41 Å². The van der Waals surface area contributed by atoms with E-state index in [9.17, 15) is 4.79 Å². The number of hydrogen-bond donors (Lipinski definition) is 1. The van der Waals surface area contributed by atoms with Crippen LogP contribution in [0.1, 0.15) is 31.2 Å². The molecule has 2 fully saturated rings. The number of likely N-dealkylation sites (tertiary alicyclic amines) is 1. The van der Waals surface area contributed by atoms with Crippen molar-refractivity contribution in [2.45, 2.75) is 31.1 Å². The molecule has 20 heavy (non-hydrogen) atoms. The van der Waals surface area contributed by atoms with Crippen LogP contribution in [0.15, 0.2) is 30.3 Å². The average molecular weight is 272 g/mol. The first-order chi connectivity index (χ1) is 9.76. The van der Waals surface area contributed by atoms with E-state index < -0.39 is 0 Å². The minimum atomic E-state index is -0.192. The lowest BCUT2D eigenvalue weighted by Gasteiger charge is -2.35. The van der Waals surface area contributed by atoms with E-state index in [-0.39, 0.29) is 5.41 Å². The summed E-state index contributed by atoms with van der Waals surface area (Å²) in [5.74, 6) is 0.980. The van der Waals surface area contributed by atoms with Crippen LogP contribution in [-0.2, 0) is 10.2 Å². The lowest BCUT2D eigenvalue weighted by atomic mass is 9.91. The molecule has 1 unspecified atom stereocenters. The molecule has 1 saturated carbocycles. The fourth-order valence-corrected chi connectivity index (χ4v) is 3.52. The second-order valence-corrected chi connectivity index (χ2v) is 6.27. The van der Waals surface area contributed by atoms with E-state index in [0.717, 1.165) is 38.9 Å². The standard InChI is InChI=1S/C17H24N2O/c1-18-12-14-6-5-11-19(13-14)16(20)17(9-10-17)15-7-3-2-4-8-15/h2-4,7-8,14,18H,5-6,9-13H2,1H3. The molecule has 2 aliphatic rings. The van der Waals surface area contributed by atoms with Crippen LogP contribution in [0.4, 0.5) is 0 Å². The maximum Gasteiger partial charge on any atom is 0.233 e. The molecule has 3 nitrogen and oxygen atoms in total. The van der Waals surface area contributed by atoms with Crippen LogP contribution in [-0.4, -0.2) is 37.5 Å². The van der Waals surface area contributed by atoms with E-state index in [1.807, 2.05) is 25.2 Å². The minimum Gasteiger partial charge on any atom is -0.342 e. The van der Waals surface area contributed by atoms with Crippen molar-refractivity contribution in [1.29, 1.82) is 0 Å². The Kier molecular flexibility index (Phi) is 3.79. The fourth-order valence-electron chi connectivity index (χ4n) is 3.52. The molecule has 1 atom stereocenters. The zero-order valence-corrected chi connectivity index (χ0v) is 12.3. The molecule has 3 heteroatoms. The molecule has 1 aromatic carbocycles. The topological polar surface area (TPSA) is 32.3 Å². The molecular formula is C17H24N2O. The highest BCUT2D eigenvalue weighted by Crippen LogP contribution is 2.49. The monoisotopic (exact) mass is 272 g/mol. The largest absolute Gasteiger partial charge is 0.342 e. The van der Waals surface area contributed by atoms with Gasteiger partial charge in [0.15, 0.2) is 0 Å². The molecule has 1 heterocycles. The molecule has 108 valence electrons. The van der Waals surface area contributed by atoms with Crippen molar-refractivity contribution < 1.29 is 4.79 Å². The summed E-state index contributed by atoms with van der Waals surface area (Å²) in [6.07, 6.45) is 4.41. The third-order valence-electron chi connectivity index (χ3n) is 4.78. The van der Waals surface area contributed by atoms with Gasteiger partial charge in [0.2, 0.25) is 5.91 Å². The predicted molar refractivity (Wildman–Crippen MR) is 80.6 cm³/mol. The maximum atomic E-state index is 12.9. The van der Waals surface area contributed by atoms with Gasteiger partial charge >= 0.3 is 0 Å². The van der Waals surface area contributed by atoms with Gasteiger partial charge in [0, 0.05) is 13.1 Å². The fraction of sp³-hybridized carbons (Fsp3) is 0.588. The second kappa shape index (κ2) is 5.57. The van der Waals surface area contributed by atoms with Crippen LogP contribution >= 0.6 is 0 Å². The molecule has 1 N–H and O–H groups in total. The smallest absolute Gasteiger partial charge is 0.233 e. The Balaban J connectivity index is 1.72. The predicted octanol–water partition coefficient (Wildman–Crippen LogP) is 2.18. The summed E-state index contributed by atoms with van der Waals surface area (Å²) in [5.41, 5.74) is 1.02. The Morgan fingerprint density at radius 2 is 2.10 bits per heavy atom. The normalized spacial score (nSPS) is 24.4. The van der Waals surface area contributed by atoms with Gasteiger partial charge in [0.1, 0.15) is 0 Å². The number of carbonyl (C=O) groups excluding carboxylic acids is 1. The van der Waals surface area contributed by atoms with Crippen molar-refractivity contribution >= 4 is 5.91 Å². The lowest BCUT2D eigenvalue weighted by Crippen LogP contribution is -2.46. The van der Waals surface area contributed by atoms with Crippen LogP contribution in [0.2, 0.25) is 0 Å². The Hall–Kier alpha value is -1.35.